The Morgan fingerprint density at radius 3 is 2.15 bits per heavy atom. The molecule has 0 radical (unpaired) electrons. The lowest BCUT2D eigenvalue weighted by molar-refractivity contribution is -0.145. The number of hydrogen-bond donors (Lipinski definition) is 2. The van der Waals surface area contributed by atoms with Crippen molar-refractivity contribution in [1.29, 1.82) is 0 Å². The van der Waals surface area contributed by atoms with Crippen LogP contribution in [0.15, 0.2) is 83.8 Å². The van der Waals surface area contributed by atoms with Crippen LogP contribution in [0.3, 0.4) is 0 Å². The summed E-state index contributed by atoms with van der Waals surface area (Å²) >= 11 is 0. The molecular weight excluding hydrogens is 540 g/mol. The summed E-state index contributed by atoms with van der Waals surface area (Å²) < 4.78 is 34.8. The number of aryl methyl sites for hydroxylation is 1. The lowest BCUT2D eigenvalue weighted by Gasteiger charge is -2.39. The number of sulfonamides is 1. The van der Waals surface area contributed by atoms with Crippen LogP contribution in [0.4, 0.5) is 0 Å². The number of carbonyl (C=O) groups excluding carboxylic acids is 1. The number of hydrogen-bond acceptors (Lipinski definition) is 5. The lowest BCUT2D eigenvalue weighted by Crippen LogP contribution is -2.47. The normalized spacial score (nSPS) is 21.4. The summed E-state index contributed by atoms with van der Waals surface area (Å²) in [7, 11) is -3.70. The summed E-state index contributed by atoms with van der Waals surface area (Å²) in [5.74, 6) is -0.810. The van der Waals surface area contributed by atoms with Crippen molar-refractivity contribution in [2.75, 3.05) is 19.8 Å². The number of carboxylic acid groups (broad SMARTS) is 1. The molecule has 2 fully saturated rings. The summed E-state index contributed by atoms with van der Waals surface area (Å²) in [6.07, 6.45) is 3.07. The average Bonchev–Trinajstić information content (AvgIpc) is 3.00. The van der Waals surface area contributed by atoms with Gasteiger partial charge in [0.15, 0.2) is 0 Å². The molecule has 1 amide bonds. The zero-order valence-corrected chi connectivity index (χ0v) is 23.8. The number of amides is 1. The second-order valence-corrected chi connectivity index (χ2v) is 12.5. The van der Waals surface area contributed by atoms with Crippen molar-refractivity contribution in [3.05, 3.63) is 90.0 Å². The van der Waals surface area contributed by atoms with Crippen LogP contribution in [-0.2, 0) is 30.8 Å². The summed E-state index contributed by atoms with van der Waals surface area (Å²) in [6, 6.07) is 24.0. The summed E-state index contributed by atoms with van der Waals surface area (Å²) in [6.45, 7) is 1.58. The van der Waals surface area contributed by atoms with Crippen molar-refractivity contribution in [2.24, 2.45) is 5.92 Å². The van der Waals surface area contributed by atoms with Gasteiger partial charge >= 0.3 is 5.97 Å². The molecule has 0 aromatic heterocycles. The molecule has 1 heterocycles. The SMILES string of the molecule is O=C(O)CCc1ccc(-c2ccc(S(=O)(=O)N[C@H]3CC[C@H](C(=O)N4CCOCC4c4ccccc4)CC3)cc2)cc1. The van der Waals surface area contributed by atoms with E-state index in [2.05, 4.69) is 4.72 Å². The number of ether oxygens (including phenoxy) is 1. The largest absolute Gasteiger partial charge is 0.481 e. The summed E-state index contributed by atoms with van der Waals surface area (Å²) in [5, 5.41) is 8.86. The Kier molecular flexibility index (Phi) is 9.17. The van der Waals surface area contributed by atoms with Crippen molar-refractivity contribution in [3.63, 3.8) is 0 Å². The van der Waals surface area contributed by atoms with Crippen LogP contribution in [0.2, 0.25) is 0 Å². The number of carboxylic acids is 1. The van der Waals surface area contributed by atoms with Gasteiger partial charge in [-0.3, -0.25) is 9.59 Å². The minimum atomic E-state index is -3.70. The lowest BCUT2D eigenvalue weighted by atomic mass is 9.85. The molecule has 1 aliphatic carbocycles. The molecule has 0 spiro atoms. The maximum atomic E-state index is 13.5. The maximum Gasteiger partial charge on any atom is 0.303 e. The first-order valence-corrected chi connectivity index (χ1v) is 15.6. The standard InChI is InChI=1S/C32H36N2O6S/c35-31(36)19-8-23-6-9-24(10-7-23)25-13-17-29(18-14-25)41(38,39)33-28-15-11-27(12-16-28)32(37)34-20-21-40-22-30(34)26-4-2-1-3-5-26/h1-7,9-10,13-14,17-18,27-28,30,33H,8,11-12,15-16,19-22H2,(H,35,36)/t27-,28-,30?. The van der Waals surface area contributed by atoms with E-state index >= 15 is 0 Å². The van der Waals surface area contributed by atoms with Crippen molar-refractivity contribution >= 4 is 21.9 Å². The molecule has 2 N–H and O–H groups in total. The van der Waals surface area contributed by atoms with Gasteiger partial charge in [-0.25, -0.2) is 13.1 Å². The smallest absolute Gasteiger partial charge is 0.303 e. The van der Waals surface area contributed by atoms with Crippen molar-refractivity contribution in [2.45, 2.75) is 55.5 Å². The van der Waals surface area contributed by atoms with Crippen molar-refractivity contribution in [1.82, 2.24) is 9.62 Å². The molecule has 1 saturated heterocycles. The van der Waals surface area contributed by atoms with Gasteiger partial charge in [-0.2, -0.15) is 0 Å². The highest BCUT2D eigenvalue weighted by molar-refractivity contribution is 7.89. The molecule has 41 heavy (non-hydrogen) atoms. The number of rotatable bonds is 9. The van der Waals surface area contributed by atoms with Crippen LogP contribution in [0.1, 0.15) is 49.3 Å². The number of nitrogens with zero attached hydrogens (tertiary/aromatic N) is 1. The van der Waals surface area contributed by atoms with Crippen LogP contribution in [0.5, 0.6) is 0 Å². The molecule has 9 heteroatoms. The minimum Gasteiger partial charge on any atom is -0.481 e. The maximum absolute atomic E-state index is 13.5. The Balaban J connectivity index is 1.16. The third-order valence-electron chi connectivity index (χ3n) is 8.07. The Morgan fingerprint density at radius 1 is 0.878 bits per heavy atom. The predicted molar refractivity (Wildman–Crippen MR) is 156 cm³/mol. The fraction of sp³-hybridized carbons (Fsp3) is 0.375. The zero-order chi connectivity index (χ0) is 28.8. The van der Waals surface area contributed by atoms with E-state index in [1.165, 1.54) is 0 Å². The highest BCUT2D eigenvalue weighted by Gasteiger charge is 2.35. The second kappa shape index (κ2) is 13.0. The van der Waals surface area contributed by atoms with Gasteiger partial charge < -0.3 is 14.7 Å². The zero-order valence-electron chi connectivity index (χ0n) is 22.9. The van der Waals surface area contributed by atoms with Gasteiger partial charge in [-0.05, 0) is 66.5 Å². The number of morpholine rings is 1. The molecule has 0 bridgehead atoms. The van der Waals surface area contributed by atoms with Crippen LogP contribution in [0, 0.1) is 5.92 Å². The molecular formula is C32H36N2O6S. The second-order valence-electron chi connectivity index (χ2n) is 10.8. The Hall–Kier alpha value is -3.53. The minimum absolute atomic E-state index is 0.0828. The van der Waals surface area contributed by atoms with E-state index in [1.54, 1.807) is 24.3 Å². The first-order valence-electron chi connectivity index (χ1n) is 14.2. The Morgan fingerprint density at radius 2 is 1.51 bits per heavy atom. The van der Waals surface area contributed by atoms with Crippen LogP contribution < -0.4 is 4.72 Å². The van der Waals surface area contributed by atoms with Crippen LogP contribution in [0.25, 0.3) is 11.1 Å². The molecule has 5 rings (SSSR count). The summed E-state index contributed by atoms with van der Waals surface area (Å²) in [4.78, 5) is 26.4. The number of aliphatic carboxylic acids is 1. The van der Waals surface area contributed by atoms with Crippen molar-refractivity contribution < 1.29 is 27.9 Å². The van der Waals surface area contributed by atoms with E-state index in [4.69, 9.17) is 9.84 Å². The first-order chi connectivity index (χ1) is 19.8. The van der Waals surface area contributed by atoms with Crippen LogP contribution >= 0.6 is 0 Å². The van der Waals surface area contributed by atoms with E-state index in [9.17, 15) is 18.0 Å². The highest BCUT2D eigenvalue weighted by Crippen LogP contribution is 2.32. The highest BCUT2D eigenvalue weighted by atomic mass is 32.2. The van der Waals surface area contributed by atoms with E-state index in [1.807, 2.05) is 59.5 Å². The van der Waals surface area contributed by atoms with E-state index < -0.39 is 16.0 Å². The Bertz CT molecular complexity index is 1430. The molecule has 216 valence electrons. The third kappa shape index (κ3) is 7.22. The van der Waals surface area contributed by atoms with Gasteiger partial charge in [-0.1, -0.05) is 66.7 Å². The predicted octanol–water partition coefficient (Wildman–Crippen LogP) is 4.81. The number of carbonyl (C=O) groups is 2. The molecule has 2 aliphatic rings. The topological polar surface area (TPSA) is 113 Å². The molecule has 1 saturated carbocycles. The van der Waals surface area contributed by atoms with Gasteiger partial charge in [-0.15, -0.1) is 0 Å². The van der Waals surface area contributed by atoms with Gasteiger partial charge in [0, 0.05) is 24.9 Å². The number of benzene rings is 3. The van der Waals surface area contributed by atoms with E-state index in [0.29, 0.717) is 51.9 Å². The molecule has 3 aromatic carbocycles. The van der Waals surface area contributed by atoms with Gasteiger partial charge in [0.05, 0.1) is 24.2 Å². The van der Waals surface area contributed by atoms with Gasteiger partial charge in [0.2, 0.25) is 15.9 Å². The van der Waals surface area contributed by atoms with Gasteiger partial charge in [0.1, 0.15) is 0 Å². The monoisotopic (exact) mass is 576 g/mol. The first kappa shape index (κ1) is 29.0. The quantitative estimate of drug-likeness (QED) is 0.378. The molecule has 1 aliphatic heterocycles. The molecule has 3 aromatic rings. The van der Waals surface area contributed by atoms with E-state index in [-0.39, 0.29) is 35.2 Å². The molecule has 8 nitrogen and oxygen atoms in total. The Labute approximate surface area is 241 Å². The van der Waals surface area contributed by atoms with Crippen molar-refractivity contribution in [3.8, 4) is 11.1 Å². The van der Waals surface area contributed by atoms with E-state index in [0.717, 1.165) is 22.3 Å². The summed E-state index contributed by atoms with van der Waals surface area (Å²) in [5.41, 5.74) is 3.82. The third-order valence-corrected chi connectivity index (χ3v) is 9.61. The fourth-order valence-electron chi connectivity index (χ4n) is 5.74. The molecule has 1 unspecified atom stereocenters. The van der Waals surface area contributed by atoms with Gasteiger partial charge in [0.25, 0.3) is 0 Å². The van der Waals surface area contributed by atoms with Crippen LogP contribution in [-0.4, -0.2) is 56.1 Å². The number of nitrogens with one attached hydrogen (secondary N) is 1. The molecule has 1 atom stereocenters. The fourth-order valence-corrected chi connectivity index (χ4v) is 7.05. The average molecular weight is 577 g/mol.